The first-order chi connectivity index (χ1) is 18.5. The zero-order chi connectivity index (χ0) is 28.0. The molecule has 2 fully saturated rings. The molecule has 0 spiro atoms. The largest absolute Gasteiger partial charge is 0.462 e. The Kier molecular flexibility index (Phi) is 9.29. The van der Waals surface area contributed by atoms with Gasteiger partial charge in [-0.2, -0.15) is 13.2 Å². The lowest BCUT2D eigenvalue weighted by atomic mass is 9.85. The second-order valence-corrected chi connectivity index (χ2v) is 11.7. The van der Waals surface area contributed by atoms with Crippen LogP contribution in [0.4, 0.5) is 13.2 Å². The highest BCUT2D eigenvalue weighted by molar-refractivity contribution is 7.89. The monoisotopic (exact) mass is 567 g/mol. The van der Waals surface area contributed by atoms with Gasteiger partial charge in [-0.1, -0.05) is 30.3 Å². The number of alkyl halides is 3. The van der Waals surface area contributed by atoms with Gasteiger partial charge in [-0.05, 0) is 74.9 Å². The molecule has 2 aromatic rings. The molecule has 0 aromatic heterocycles. The number of carbonyl (C=O) groups is 2. The van der Waals surface area contributed by atoms with Crippen LogP contribution in [0.1, 0.15) is 55.7 Å². The summed E-state index contributed by atoms with van der Waals surface area (Å²) in [6.45, 7) is 0.761. The maximum atomic E-state index is 13.1. The average molecular weight is 568 g/mol. The summed E-state index contributed by atoms with van der Waals surface area (Å²) in [6.07, 6.45) is -1.27. The molecular formula is C27H32F3N3O5S. The van der Waals surface area contributed by atoms with Crippen molar-refractivity contribution in [3.8, 4) is 0 Å². The van der Waals surface area contributed by atoms with Crippen molar-refractivity contribution in [3.05, 3.63) is 65.7 Å². The van der Waals surface area contributed by atoms with E-state index in [4.69, 9.17) is 4.74 Å². The fraction of sp³-hybridized carbons (Fsp3) is 0.481. The summed E-state index contributed by atoms with van der Waals surface area (Å²) in [5.74, 6) is -0.901. The molecule has 0 unspecified atom stereocenters. The SMILES string of the molecule is O=C(OC[C@@H](NC(=O)[C@H]1CC[C@H](NS(=O)(=O)c2ccc(C(F)(F)F)cc2)CC1)c1ccccc1)[C@@H]1CCCN1. The Hall–Kier alpha value is -2.96. The number of esters is 1. The molecule has 0 bridgehead atoms. The number of amides is 1. The molecule has 1 heterocycles. The Labute approximate surface area is 225 Å². The summed E-state index contributed by atoms with van der Waals surface area (Å²) < 4.78 is 71.8. The Morgan fingerprint density at radius 3 is 2.23 bits per heavy atom. The van der Waals surface area contributed by atoms with Gasteiger partial charge in [0.05, 0.1) is 16.5 Å². The van der Waals surface area contributed by atoms with Crippen molar-refractivity contribution in [2.45, 2.75) is 67.7 Å². The molecule has 1 amide bonds. The van der Waals surface area contributed by atoms with Crippen molar-refractivity contribution >= 4 is 21.9 Å². The zero-order valence-corrected chi connectivity index (χ0v) is 22.1. The number of sulfonamides is 1. The number of halogens is 3. The standard InChI is InChI=1S/C27H32F3N3O5S/c28-27(29,30)20-10-14-22(15-11-20)39(36,37)33-21-12-8-19(9-13-21)25(34)32-24(18-5-2-1-3-6-18)17-38-26(35)23-7-4-16-31-23/h1-3,5-6,10-11,14-15,19,21,23-24,31,33H,4,7-9,12-13,16-17H2,(H,32,34)/t19-,21-,23-,24+/m0/s1. The third-order valence-electron chi connectivity index (χ3n) is 7.17. The van der Waals surface area contributed by atoms with Gasteiger partial charge in [0, 0.05) is 12.0 Å². The van der Waals surface area contributed by atoms with Gasteiger partial charge in [-0.15, -0.1) is 0 Å². The zero-order valence-electron chi connectivity index (χ0n) is 21.2. The van der Waals surface area contributed by atoms with Gasteiger partial charge in [-0.3, -0.25) is 9.59 Å². The first kappa shape index (κ1) is 29.0. The van der Waals surface area contributed by atoms with Gasteiger partial charge >= 0.3 is 12.1 Å². The van der Waals surface area contributed by atoms with Crippen LogP contribution in [0.15, 0.2) is 59.5 Å². The van der Waals surface area contributed by atoms with Gasteiger partial charge in [0.2, 0.25) is 15.9 Å². The van der Waals surface area contributed by atoms with Gasteiger partial charge in [0.1, 0.15) is 12.6 Å². The molecule has 39 heavy (non-hydrogen) atoms. The topological polar surface area (TPSA) is 114 Å². The van der Waals surface area contributed by atoms with E-state index in [1.807, 2.05) is 30.3 Å². The van der Waals surface area contributed by atoms with Crippen molar-refractivity contribution in [2.75, 3.05) is 13.2 Å². The van der Waals surface area contributed by atoms with Gasteiger partial charge in [0.15, 0.2) is 0 Å². The summed E-state index contributed by atoms with van der Waals surface area (Å²) in [7, 11) is -4.01. The van der Waals surface area contributed by atoms with Crippen LogP contribution < -0.4 is 15.4 Å². The second-order valence-electron chi connectivity index (χ2n) is 9.94. The summed E-state index contributed by atoms with van der Waals surface area (Å²) in [5.41, 5.74) is -0.122. The molecule has 1 saturated heterocycles. The highest BCUT2D eigenvalue weighted by Crippen LogP contribution is 2.30. The van der Waals surface area contributed by atoms with Crippen LogP contribution in [-0.2, 0) is 30.5 Å². The summed E-state index contributed by atoms with van der Waals surface area (Å²) in [4.78, 5) is 25.2. The predicted octanol–water partition coefficient (Wildman–Crippen LogP) is 3.70. The van der Waals surface area contributed by atoms with Crippen LogP contribution in [0, 0.1) is 5.92 Å². The molecular weight excluding hydrogens is 535 g/mol. The quantitative estimate of drug-likeness (QED) is 0.399. The van der Waals surface area contributed by atoms with Crippen molar-refractivity contribution in [3.63, 3.8) is 0 Å². The third-order valence-corrected chi connectivity index (χ3v) is 8.70. The summed E-state index contributed by atoms with van der Waals surface area (Å²) >= 11 is 0. The lowest BCUT2D eigenvalue weighted by molar-refractivity contribution is -0.147. The Morgan fingerprint density at radius 1 is 0.974 bits per heavy atom. The number of nitrogens with one attached hydrogen (secondary N) is 3. The van der Waals surface area contributed by atoms with Crippen LogP contribution in [-0.4, -0.2) is 45.5 Å². The lowest BCUT2D eigenvalue weighted by Crippen LogP contribution is -2.42. The number of benzene rings is 2. The normalized spacial score (nSPS) is 22.7. The van der Waals surface area contributed by atoms with Gasteiger partial charge in [0.25, 0.3) is 0 Å². The van der Waals surface area contributed by atoms with E-state index in [1.165, 1.54) is 0 Å². The molecule has 12 heteroatoms. The number of ether oxygens (including phenoxy) is 1. The van der Waals surface area contributed by atoms with Crippen molar-refractivity contribution in [2.24, 2.45) is 5.92 Å². The molecule has 1 aliphatic carbocycles. The van der Waals surface area contributed by atoms with E-state index in [-0.39, 0.29) is 35.3 Å². The van der Waals surface area contributed by atoms with E-state index in [2.05, 4.69) is 15.4 Å². The van der Waals surface area contributed by atoms with Crippen molar-refractivity contribution in [1.82, 2.24) is 15.4 Å². The molecule has 2 atom stereocenters. The third kappa shape index (κ3) is 7.80. The fourth-order valence-corrected chi connectivity index (χ4v) is 6.24. The second kappa shape index (κ2) is 12.5. The molecule has 2 aliphatic rings. The molecule has 2 aromatic carbocycles. The van der Waals surface area contributed by atoms with Crippen molar-refractivity contribution in [1.29, 1.82) is 0 Å². The number of carbonyl (C=O) groups excluding carboxylic acids is 2. The maximum absolute atomic E-state index is 13.1. The molecule has 1 aliphatic heterocycles. The number of rotatable bonds is 9. The smallest absolute Gasteiger partial charge is 0.416 e. The molecule has 4 rings (SSSR count). The number of hydrogen-bond acceptors (Lipinski definition) is 6. The Balaban J connectivity index is 1.31. The minimum Gasteiger partial charge on any atom is -0.462 e. The van der Waals surface area contributed by atoms with Crippen molar-refractivity contribution < 1.29 is 35.9 Å². The minimum absolute atomic E-state index is 0.00492. The number of hydrogen-bond donors (Lipinski definition) is 3. The van der Waals surface area contributed by atoms with Gasteiger partial charge in [-0.25, -0.2) is 13.1 Å². The molecule has 212 valence electrons. The fourth-order valence-electron chi connectivity index (χ4n) is 4.93. The highest BCUT2D eigenvalue weighted by Gasteiger charge is 2.33. The van der Waals surface area contributed by atoms with Crippen LogP contribution in [0.3, 0.4) is 0 Å². The van der Waals surface area contributed by atoms with Gasteiger partial charge < -0.3 is 15.4 Å². The first-order valence-electron chi connectivity index (χ1n) is 13.0. The van der Waals surface area contributed by atoms with Crippen LogP contribution in [0.25, 0.3) is 0 Å². The van der Waals surface area contributed by atoms with E-state index in [0.717, 1.165) is 42.8 Å². The molecule has 3 N–H and O–H groups in total. The maximum Gasteiger partial charge on any atom is 0.416 e. The predicted molar refractivity (Wildman–Crippen MR) is 137 cm³/mol. The van der Waals surface area contributed by atoms with E-state index in [0.29, 0.717) is 32.1 Å². The first-order valence-corrected chi connectivity index (χ1v) is 14.5. The summed E-state index contributed by atoms with van der Waals surface area (Å²) in [6, 6.07) is 11.3. The van der Waals surface area contributed by atoms with Crippen LogP contribution in [0.2, 0.25) is 0 Å². The van der Waals surface area contributed by atoms with E-state index >= 15 is 0 Å². The average Bonchev–Trinajstić information content (AvgIpc) is 3.46. The highest BCUT2D eigenvalue weighted by atomic mass is 32.2. The minimum atomic E-state index is -4.55. The van der Waals surface area contributed by atoms with Crippen LogP contribution in [0.5, 0.6) is 0 Å². The Morgan fingerprint density at radius 2 is 1.64 bits per heavy atom. The summed E-state index contributed by atoms with van der Waals surface area (Å²) in [5, 5.41) is 6.08. The molecule has 1 saturated carbocycles. The molecule has 8 nitrogen and oxygen atoms in total. The van der Waals surface area contributed by atoms with E-state index < -0.39 is 33.8 Å². The van der Waals surface area contributed by atoms with Crippen LogP contribution >= 0.6 is 0 Å². The molecule has 0 radical (unpaired) electrons. The van der Waals surface area contributed by atoms with E-state index in [9.17, 15) is 31.2 Å². The lowest BCUT2D eigenvalue weighted by Gasteiger charge is -2.30. The Bertz CT molecular complexity index is 1230. The van der Waals surface area contributed by atoms with E-state index in [1.54, 1.807) is 0 Å².